The van der Waals surface area contributed by atoms with Gasteiger partial charge in [-0.1, -0.05) is 90.1 Å². The highest BCUT2D eigenvalue weighted by atomic mass is 32.4. The Kier molecular flexibility index (Phi) is 7.17. The number of rotatable bonds is 6. The first-order chi connectivity index (χ1) is 12.1. The smallest absolute Gasteiger partial charge is 0.0586 e. The highest BCUT2D eigenvalue weighted by molar-refractivity contribution is 8.05. The summed E-state index contributed by atoms with van der Waals surface area (Å²) in [5, 5.41) is 0. The molecule has 0 unspecified atom stereocenters. The van der Waals surface area contributed by atoms with Crippen LogP contribution in [-0.4, -0.2) is 12.3 Å². The maximum Gasteiger partial charge on any atom is 0.175 e. The maximum absolute atomic E-state index is 5.77. The summed E-state index contributed by atoms with van der Waals surface area (Å²) in [7, 11) is 0. The molecule has 2 heteroatoms. The van der Waals surface area contributed by atoms with Crippen LogP contribution >= 0.6 is 6.70 Å². The van der Waals surface area contributed by atoms with Crippen molar-refractivity contribution in [2.45, 2.75) is 65.2 Å². The zero-order valence-electron chi connectivity index (χ0n) is 17.3. The molecule has 2 aromatic carbocycles. The van der Waals surface area contributed by atoms with E-state index in [0.717, 1.165) is 25.2 Å². The highest BCUT2D eigenvalue weighted by Crippen LogP contribution is 2.27. The van der Waals surface area contributed by atoms with Crippen LogP contribution in [0.5, 0.6) is 0 Å². The van der Waals surface area contributed by atoms with Gasteiger partial charge in [-0.3, -0.25) is 0 Å². The third kappa shape index (κ3) is 6.60. The molecule has 140 valence electrons. The van der Waals surface area contributed by atoms with Gasteiger partial charge >= 0.3 is 0 Å². The zero-order chi connectivity index (χ0) is 19.4. The van der Waals surface area contributed by atoms with E-state index in [2.05, 4.69) is 90.1 Å². The standard InChI is InChI=1S/C24H34PS/c1-23(2,3)21-11-7-19(8-12-21)15-17-25(26)18-16-20-9-13-22(14-10-20)24(4,5)6/h7-14H,15-18H2,1-6H3/q+1. The third-order valence-corrected chi connectivity index (χ3v) is 7.48. The van der Waals surface area contributed by atoms with Crippen LogP contribution < -0.4 is 0 Å². The molecule has 0 aromatic heterocycles. The van der Waals surface area contributed by atoms with E-state index in [1.165, 1.54) is 22.3 Å². The molecule has 0 saturated carbocycles. The molecule has 0 bridgehead atoms. The van der Waals surface area contributed by atoms with Gasteiger partial charge in [0.1, 0.15) is 12.3 Å². The summed E-state index contributed by atoms with van der Waals surface area (Å²) in [5.74, 6) is 0. The average molecular weight is 386 g/mol. The van der Waals surface area contributed by atoms with Crippen LogP contribution in [0, 0.1) is 0 Å². The third-order valence-electron chi connectivity index (χ3n) is 4.94. The van der Waals surface area contributed by atoms with E-state index in [1.807, 2.05) is 0 Å². The first-order valence-corrected chi connectivity index (χ1v) is 12.4. The van der Waals surface area contributed by atoms with Crippen LogP contribution in [-0.2, 0) is 35.5 Å². The fourth-order valence-electron chi connectivity index (χ4n) is 2.96. The number of hydrogen-bond acceptors (Lipinski definition) is 1. The van der Waals surface area contributed by atoms with Gasteiger partial charge < -0.3 is 0 Å². The zero-order valence-corrected chi connectivity index (χ0v) is 19.0. The Morgan fingerprint density at radius 3 is 1.19 bits per heavy atom. The van der Waals surface area contributed by atoms with Gasteiger partial charge in [0.25, 0.3) is 0 Å². The van der Waals surface area contributed by atoms with Crippen molar-refractivity contribution in [3.63, 3.8) is 0 Å². The lowest BCUT2D eigenvalue weighted by molar-refractivity contribution is 0.589. The normalized spacial score (nSPS) is 12.2. The molecular weight excluding hydrogens is 351 g/mol. The molecule has 0 atom stereocenters. The van der Waals surface area contributed by atoms with Gasteiger partial charge in [-0.15, -0.1) is 0 Å². The van der Waals surface area contributed by atoms with Gasteiger partial charge in [0.05, 0.1) is 0 Å². The second kappa shape index (κ2) is 8.77. The number of hydrogen-bond donors (Lipinski definition) is 0. The summed E-state index contributed by atoms with van der Waals surface area (Å²) in [6.45, 7) is 13.3. The average Bonchev–Trinajstić information content (AvgIpc) is 2.57. The SMILES string of the molecule is CC(C)(C)c1ccc(CC[P+](=S)CCc2ccc(C(C)(C)C)cc2)cc1. The summed E-state index contributed by atoms with van der Waals surface area (Å²) >= 11 is 5.77. The van der Waals surface area contributed by atoms with Crippen LogP contribution in [0.4, 0.5) is 0 Å². The quantitative estimate of drug-likeness (QED) is 0.482. The largest absolute Gasteiger partial charge is 0.175 e. The monoisotopic (exact) mass is 385 g/mol. The lowest BCUT2D eigenvalue weighted by atomic mass is 9.86. The molecule has 0 spiro atoms. The fraction of sp³-hybridized carbons (Fsp3) is 0.500. The second-order valence-corrected chi connectivity index (χ2v) is 12.7. The molecule has 2 aromatic rings. The van der Waals surface area contributed by atoms with Gasteiger partial charge in [0.15, 0.2) is 18.5 Å². The van der Waals surface area contributed by atoms with Crippen LogP contribution in [0.15, 0.2) is 48.5 Å². The van der Waals surface area contributed by atoms with E-state index in [1.54, 1.807) is 0 Å². The van der Waals surface area contributed by atoms with Crippen molar-refractivity contribution in [2.24, 2.45) is 0 Å². The minimum atomic E-state index is -0.305. The van der Waals surface area contributed by atoms with E-state index in [0.29, 0.717) is 0 Å². The highest BCUT2D eigenvalue weighted by Gasteiger charge is 2.15. The van der Waals surface area contributed by atoms with E-state index in [4.69, 9.17) is 11.8 Å². The summed E-state index contributed by atoms with van der Waals surface area (Å²) < 4.78 is 0. The molecule has 0 nitrogen and oxygen atoms in total. The van der Waals surface area contributed by atoms with Crippen LogP contribution in [0.25, 0.3) is 0 Å². The van der Waals surface area contributed by atoms with Crippen molar-refractivity contribution in [1.29, 1.82) is 0 Å². The summed E-state index contributed by atoms with van der Waals surface area (Å²) in [6, 6.07) is 18.2. The number of benzene rings is 2. The maximum atomic E-state index is 5.77. The van der Waals surface area contributed by atoms with E-state index in [9.17, 15) is 0 Å². The summed E-state index contributed by atoms with van der Waals surface area (Å²) in [4.78, 5) is 0. The van der Waals surface area contributed by atoms with E-state index >= 15 is 0 Å². The van der Waals surface area contributed by atoms with Crippen molar-refractivity contribution in [2.75, 3.05) is 12.3 Å². The van der Waals surface area contributed by atoms with Crippen LogP contribution in [0.1, 0.15) is 63.8 Å². The Morgan fingerprint density at radius 1 is 0.615 bits per heavy atom. The Balaban J connectivity index is 1.80. The lowest BCUT2D eigenvalue weighted by Gasteiger charge is -2.19. The molecule has 0 heterocycles. The molecule has 0 aliphatic carbocycles. The molecule has 0 saturated heterocycles. The van der Waals surface area contributed by atoms with Crippen molar-refractivity contribution < 1.29 is 0 Å². The molecule has 0 aliphatic rings. The number of aryl methyl sites for hydroxylation is 2. The predicted octanol–water partition coefficient (Wildman–Crippen LogP) is 7.01. The van der Waals surface area contributed by atoms with Crippen molar-refractivity contribution >= 4 is 18.5 Å². The first-order valence-electron chi connectivity index (χ1n) is 9.66. The van der Waals surface area contributed by atoms with Crippen molar-refractivity contribution in [1.82, 2.24) is 0 Å². The molecule has 0 radical (unpaired) electrons. The molecule has 26 heavy (non-hydrogen) atoms. The Hall–Kier alpha value is -1.04. The van der Waals surface area contributed by atoms with Gasteiger partial charge in [-0.2, -0.15) is 0 Å². The van der Waals surface area contributed by atoms with Crippen molar-refractivity contribution in [3.05, 3.63) is 70.8 Å². The molecule has 0 fully saturated rings. The van der Waals surface area contributed by atoms with E-state index in [-0.39, 0.29) is 17.5 Å². The minimum Gasteiger partial charge on any atom is -0.0586 e. The summed E-state index contributed by atoms with van der Waals surface area (Å²) in [5.41, 5.74) is 6.10. The molecular formula is C24H34PS+. The van der Waals surface area contributed by atoms with E-state index < -0.39 is 0 Å². The second-order valence-electron chi connectivity index (χ2n) is 9.32. The van der Waals surface area contributed by atoms with Crippen LogP contribution in [0.2, 0.25) is 0 Å². The molecule has 0 amide bonds. The molecule has 0 N–H and O–H groups in total. The Labute approximate surface area is 166 Å². The topological polar surface area (TPSA) is 0 Å². The fourth-order valence-corrected chi connectivity index (χ4v) is 4.75. The first kappa shape index (κ1) is 21.3. The van der Waals surface area contributed by atoms with Gasteiger partial charge in [0, 0.05) is 12.8 Å². The molecule has 0 aliphatic heterocycles. The predicted molar refractivity (Wildman–Crippen MR) is 122 cm³/mol. The van der Waals surface area contributed by atoms with Crippen LogP contribution in [0.3, 0.4) is 0 Å². The minimum absolute atomic E-state index is 0.228. The van der Waals surface area contributed by atoms with Gasteiger partial charge in [-0.25, -0.2) is 0 Å². The van der Waals surface area contributed by atoms with Gasteiger partial charge in [0.2, 0.25) is 0 Å². The summed E-state index contributed by atoms with van der Waals surface area (Å²) in [6.07, 6.45) is 4.53. The lowest BCUT2D eigenvalue weighted by Crippen LogP contribution is -2.10. The van der Waals surface area contributed by atoms with Gasteiger partial charge in [-0.05, 0) is 33.1 Å². The Bertz CT molecular complexity index is 649. The molecule has 2 rings (SSSR count). The Morgan fingerprint density at radius 2 is 0.923 bits per heavy atom. The van der Waals surface area contributed by atoms with Crippen molar-refractivity contribution in [3.8, 4) is 0 Å².